The molecule has 2 rings (SSSR count). The quantitative estimate of drug-likeness (QED) is 0.231. The number of alkyl halides is 11. The van der Waals surface area contributed by atoms with Crippen LogP contribution < -0.4 is 4.74 Å². The van der Waals surface area contributed by atoms with Gasteiger partial charge in [-0.25, -0.2) is 8.78 Å². The Balaban J connectivity index is 2.46. The summed E-state index contributed by atoms with van der Waals surface area (Å²) in [5.41, 5.74) is -2.36. The summed E-state index contributed by atoms with van der Waals surface area (Å²) in [4.78, 5) is 3.58. The van der Waals surface area contributed by atoms with Crippen molar-refractivity contribution in [2.75, 3.05) is 6.61 Å². The molecule has 1 N–H and O–H groups in total. The number of rotatable bonds is 8. The van der Waals surface area contributed by atoms with E-state index in [0.29, 0.717) is 16.6 Å². The van der Waals surface area contributed by atoms with E-state index < -0.39 is 59.7 Å². The molecule has 0 aromatic heterocycles. The predicted molar refractivity (Wildman–Crippen MR) is 109 cm³/mol. The van der Waals surface area contributed by atoms with E-state index in [-0.39, 0.29) is 16.1 Å². The Morgan fingerprint density at radius 3 is 2.09 bits per heavy atom. The van der Waals surface area contributed by atoms with Crippen LogP contribution in [0.15, 0.2) is 44.3 Å². The molecule has 0 radical (unpaired) electrons. The van der Waals surface area contributed by atoms with E-state index in [1.54, 1.807) is 0 Å². The van der Waals surface area contributed by atoms with E-state index in [2.05, 4.69) is 41.6 Å². The Bertz CT molecular complexity index is 1100. The topological polar surface area (TPSA) is 41.8 Å². The minimum absolute atomic E-state index is 0.108. The molecule has 0 saturated heterocycles. The lowest BCUT2D eigenvalue weighted by Crippen LogP contribution is -2.59. The van der Waals surface area contributed by atoms with Crippen LogP contribution >= 0.6 is 31.9 Å². The van der Waals surface area contributed by atoms with Gasteiger partial charge in [-0.05, 0) is 46.3 Å². The summed E-state index contributed by atoms with van der Waals surface area (Å²) in [6.07, 6.45) is -9.35. The zero-order valence-electron chi connectivity index (χ0n) is 16.5. The number of hydrogen-bond donors (Lipinski definition) is 1. The van der Waals surface area contributed by atoms with Crippen molar-refractivity contribution in [3.8, 4) is 11.5 Å². The highest BCUT2D eigenvalue weighted by atomic mass is 79.9. The van der Waals surface area contributed by atoms with Gasteiger partial charge in [0.05, 0.1) is 10.0 Å². The van der Waals surface area contributed by atoms with E-state index in [0.717, 1.165) is 6.21 Å². The lowest BCUT2D eigenvalue weighted by atomic mass is 10.1. The summed E-state index contributed by atoms with van der Waals surface area (Å²) in [5, 5.41) is 9.99. The maximum atomic E-state index is 13.8. The van der Waals surface area contributed by atoms with Crippen molar-refractivity contribution in [2.24, 2.45) is 4.99 Å². The van der Waals surface area contributed by atoms with Crippen LogP contribution in [0.4, 0.5) is 54.0 Å². The molecule has 194 valence electrons. The molecule has 0 aliphatic rings. The van der Waals surface area contributed by atoms with Gasteiger partial charge in [0.25, 0.3) is 0 Å². The van der Waals surface area contributed by atoms with Crippen LogP contribution in [-0.4, -0.2) is 42.1 Å². The van der Waals surface area contributed by atoms with Crippen molar-refractivity contribution in [3.63, 3.8) is 0 Å². The van der Waals surface area contributed by atoms with E-state index >= 15 is 0 Å². The van der Waals surface area contributed by atoms with Gasteiger partial charge < -0.3 is 9.84 Å². The molecule has 0 fully saturated rings. The van der Waals surface area contributed by atoms with Crippen molar-refractivity contribution in [3.05, 3.63) is 50.4 Å². The molecule has 16 heteroatoms. The van der Waals surface area contributed by atoms with Crippen molar-refractivity contribution in [2.45, 2.75) is 30.4 Å². The Hall–Kier alpha value is -2.10. The SMILES string of the molecule is Oc1c(Br)cc(Br)cc1C=Nc1cc(C(F)(F)F)ccc1OCC(F)(F)C(F)(F)C(F)(F)C(F)F. The fourth-order valence-electron chi connectivity index (χ4n) is 2.38. The van der Waals surface area contributed by atoms with Crippen LogP contribution in [0.3, 0.4) is 0 Å². The lowest BCUT2D eigenvalue weighted by Gasteiger charge is -2.32. The van der Waals surface area contributed by atoms with Gasteiger partial charge >= 0.3 is 30.4 Å². The molecule has 0 bridgehead atoms. The Labute approximate surface area is 205 Å². The first-order valence-electron chi connectivity index (χ1n) is 8.79. The molecule has 3 nitrogen and oxygen atoms in total. The Kier molecular flexibility index (Phi) is 8.41. The molecule has 0 saturated carbocycles. The summed E-state index contributed by atoms with van der Waals surface area (Å²) in [5.74, 6) is -20.3. The highest BCUT2D eigenvalue weighted by Gasteiger charge is 2.75. The maximum absolute atomic E-state index is 13.8. The maximum Gasteiger partial charge on any atom is 0.416 e. The number of aromatic hydroxyl groups is 1. The highest BCUT2D eigenvalue weighted by Crippen LogP contribution is 2.49. The fraction of sp³-hybridized carbons (Fsp3) is 0.316. The molecule has 2 aromatic rings. The van der Waals surface area contributed by atoms with Crippen LogP contribution in [0.5, 0.6) is 11.5 Å². The largest absolute Gasteiger partial charge is 0.506 e. The number of phenols is 1. The van der Waals surface area contributed by atoms with Crippen molar-refractivity contribution < 1.29 is 58.1 Å². The molecule has 0 aliphatic heterocycles. The van der Waals surface area contributed by atoms with Crippen LogP contribution in [0.2, 0.25) is 0 Å². The molecule has 2 aromatic carbocycles. The van der Waals surface area contributed by atoms with Crippen LogP contribution in [0, 0.1) is 0 Å². The summed E-state index contributed by atoms with van der Waals surface area (Å²) >= 11 is 6.05. The molecule has 0 amide bonds. The molecular formula is C19H10Br2F11NO2. The minimum atomic E-state index is -6.57. The van der Waals surface area contributed by atoms with Gasteiger partial charge in [-0.1, -0.05) is 15.9 Å². The number of halogens is 13. The first kappa shape index (κ1) is 29.1. The van der Waals surface area contributed by atoms with Gasteiger partial charge in [-0.15, -0.1) is 0 Å². The van der Waals surface area contributed by atoms with Crippen LogP contribution in [0.25, 0.3) is 0 Å². The lowest BCUT2D eigenvalue weighted by molar-refractivity contribution is -0.342. The van der Waals surface area contributed by atoms with Crippen LogP contribution in [-0.2, 0) is 6.18 Å². The van der Waals surface area contributed by atoms with Gasteiger partial charge in [0.1, 0.15) is 17.2 Å². The monoisotopic (exact) mass is 651 g/mol. The molecule has 0 heterocycles. The number of phenolic OH excluding ortho intramolecular Hbond substituents is 1. The molecule has 35 heavy (non-hydrogen) atoms. The third kappa shape index (κ3) is 6.19. The number of ether oxygens (including phenoxy) is 1. The first-order valence-corrected chi connectivity index (χ1v) is 10.4. The van der Waals surface area contributed by atoms with Crippen molar-refractivity contribution in [1.82, 2.24) is 0 Å². The minimum Gasteiger partial charge on any atom is -0.506 e. The van der Waals surface area contributed by atoms with Crippen molar-refractivity contribution >= 4 is 43.8 Å². The second-order valence-electron chi connectivity index (χ2n) is 6.76. The first-order chi connectivity index (χ1) is 15.8. The number of hydrogen-bond acceptors (Lipinski definition) is 3. The van der Waals surface area contributed by atoms with E-state index in [9.17, 15) is 53.4 Å². The second-order valence-corrected chi connectivity index (χ2v) is 8.53. The Morgan fingerprint density at radius 1 is 0.943 bits per heavy atom. The summed E-state index contributed by atoms with van der Waals surface area (Å²) < 4.78 is 149. The summed E-state index contributed by atoms with van der Waals surface area (Å²) in [6.45, 7) is -2.61. The number of aliphatic imine (C=N–C) groups is 1. The normalized spacial score (nSPS) is 13.7. The van der Waals surface area contributed by atoms with E-state index in [1.807, 2.05) is 0 Å². The third-order valence-electron chi connectivity index (χ3n) is 4.25. The standard InChI is InChI=1S/C19H10Br2F11NO2/c20-10-3-8(14(34)11(21)5-10)6-33-12-4-9(18(28,29)30)1-2-13(12)35-7-16(24,25)19(31,32)17(26,27)15(22)23/h1-6,15,34H,7H2. The van der Waals surface area contributed by atoms with Gasteiger partial charge in [0, 0.05) is 16.3 Å². The number of benzene rings is 2. The zero-order chi connectivity index (χ0) is 27.0. The van der Waals surface area contributed by atoms with Crippen LogP contribution in [0.1, 0.15) is 11.1 Å². The highest BCUT2D eigenvalue weighted by molar-refractivity contribution is 9.11. The fourth-order valence-corrected chi connectivity index (χ4v) is 3.64. The predicted octanol–water partition coefficient (Wildman–Crippen LogP) is 8.24. The number of nitrogens with zero attached hydrogens (tertiary/aromatic N) is 1. The van der Waals surface area contributed by atoms with Gasteiger partial charge in [0.2, 0.25) is 0 Å². The van der Waals surface area contributed by atoms with Gasteiger partial charge in [0.15, 0.2) is 6.61 Å². The molecular weight excluding hydrogens is 643 g/mol. The zero-order valence-corrected chi connectivity index (χ0v) is 19.6. The molecule has 0 spiro atoms. The molecule has 0 atom stereocenters. The summed E-state index contributed by atoms with van der Waals surface area (Å²) in [7, 11) is 0. The average molecular weight is 653 g/mol. The van der Waals surface area contributed by atoms with E-state index in [1.165, 1.54) is 12.1 Å². The second kappa shape index (κ2) is 10.1. The van der Waals surface area contributed by atoms with E-state index in [4.69, 9.17) is 0 Å². The summed E-state index contributed by atoms with van der Waals surface area (Å²) in [6, 6.07) is 3.60. The van der Waals surface area contributed by atoms with Gasteiger partial charge in [-0.3, -0.25) is 4.99 Å². The molecule has 0 aliphatic carbocycles. The van der Waals surface area contributed by atoms with Gasteiger partial charge in [-0.2, -0.15) is 39.5 Å². The Morgan fingerprint density at radius 2 is 1.54 bits per heavy atom. The smallest absolute Gasteiger partial charge is 0.416 e. The average Bonchev–Trinajstić information content (AvgIpc) is 2.72. The molecule has 0 unspecified atom stereocenters. The van der Waals surface area contributed by atoms with Crippen molar-refractivity contribution in [1.29, 1.82) is 0 Å². The third-order valence-corrected chi connectivity index (χ3v) is 5.31.